The standard InChI is InChI=1S/C11H19N3O/c1-8(12-2)10-7-14-11(15-10)9-5-3-4-6-13-9/h7-9,12-13H,3-6H2,1-2H3. The smallest absolute Gasteiger partial charge is 0.211 e. The Morgan fingerprint density at radius 2 is 2.47 bits per heavy atom. The predicted molar refractivity (Wildman–Crippen MR) is 58.6 cm³/mol. The summed E-state index contributed by atoms with van der Waals surface area (Å²) in [6.07, 6.45) is 5.48. The van der Waals surface area contributed by atoms with Gasteiger partial charge in [-0.05, 0) is 33.4 Å². The van der Waals surface area contributed by atoms with Crippen molar-refractivity contribution >= 4 is 0 Å². The number of piperidine rings is 1. The molecule has 2 N–H and O–H groups in total. The second-order valence-corrected chi connectivity index (χ2v) is 4.11. The maximum absolute atomic E-state index is 5.74. The van der Waals surface area contributed by atoms with Gasteiger partial charge in [-0.15, -0.1) is 0 Å². The first-order valence-corrected chi connectivity index (χ1v) is 5.67. The highest BCUT2D eigenvalue weighted by Crippen LogP contribution is 2.24. The summed E-state index contributed by atoms with van der Waals surface area (Å²) in [6, 6.07) is 0.548. The summed E-state index contributed by atoms with van der Waals surface area (Å²) in [5.74, 6) is 1.76. The highest BCUT2D eigenvalue weighted by molar-refractivity contribution is 5.02. The van der Waals surface area contributed by atoms with Crippen LogP contribution in [0, 0.1) is 0 Å². The first-order chi connectivity index (χ1) is 7.31. The lowest BCUT2D eigenvalue weighted by Crippen LogP contribution is -2.26. The minimum Gasteiger partial charge on any atom is -0.442 e. The maximum Gasteiger partial charge on any atom is 0.211 e. The summed E-state index contributed by atoms with van der Waals surface area (Å²) >= 11 is 0. The highest BCUT2D eigenvalue weighted by atomic mass is 16.4. The van der Waals surface area contributed by atoms with Gasteiger partial charge < -0.3 is 15.1 Å². The van der Waals surface area contributed by atoms with Crippen LogP contribution in [0.15, 0.2) is 10.6 Å². The van der Waals surface area contributed by atoms with E-state index in [1.807, 2.05) is 13.2 Å². The van der Waals surface area contributed by atoms with Gasteiger partial charge in [0.05, 0.1) is 18.3 Å². The Balaban J connectivity index is 2.05. The maximum atomic E-state index is 5.74. The van der Waals surface area contributed by atoms with Crippen molar-refractivity contribution in [2.75, 3.05) is 13.6 Å². The summed E-state index contributed by atoms with van der Waals surface area (Å²) in [4.78, 5) is 4.34. The molecule has 1 fully saturated rings. The monoisotopic (exact) mass is 209 g/mol. The zero-order valence-electron chi connectivity index (χ0n) is 9.42. The number of nitrogens with one attached hydrogen (secondary N) is 2. The molecule has 0 radical (unpaired) electrons. The van der Waals surface area contributed by atoms with Crippen molar-refractivity contribution in [3.05, 3.63) is 17.8 Å². The molecule has 2 rings (SSSR count). The summed E-state index contributed by atoms with van der Waals surface area (Å²) in [6.45, 7) is 3.14. The molecule has 0 aromatic carbocycles. The van der Waals surface area contributed by atoms with Crippen molar-refractivity contribution < 1.29 is 4.42 Å². The number of hydrogen-bond acceptors (Lipinski definition) is 4. The van der Waals surface area contributed by atoms with Crippen LogP contribution in [0.2, 0.25) is 0 Å². The van der Waals surface area contributed by atoms with Crippen molar-refractivity contribution in [1.82, 2.24) is 15.6 Å². The number of aromatic nitrogens is 1. The van der Waals surface area contributed by atoms with E-state index in [0.717, 1.165) is 24.6 Å². The fourth-order valence-electron chi connectivity index (χ4n) is 1.87. The lowest BCUT2D eigenvalue weighted by molar-refractivity contribution is 0.320. The van der Waals surface area contributed by atoms with Gasteiger partial charge in [0.2, 0.25) is 5.89 Å². The van der Waals surface area contributed by atoms with Crippen LogP contribution in [0.25, 0.3) is 0 Å². The van der Waals surface area contributed by atoms with Crippen LogP contribution < -0.4 is 10.6 Å². The minimum atomic E-state index is 0.231. The molecule has 15 heavy (non-hydrogen) atoms. The van der Waals surface area contributed by atoms with Gasteiger partial charge in [0.1, 0.15) is 5.76 Å². The van der Waals surface area contributed by atoms with Crippen LogP contribution in [0.4, 0.5) is 0 Å². The van der Waals surface area contributed by atoms with Crippen LogP contribution >= 0.6 is 0 Å². The molecule has 0 spiro atoms. The predicted octanol–water partition coefficient (Wildman–Crippen LogP) is 1.77. The summed E-state index contributed by atoms with van der Waals surface area (Å²) in [5.41, 5.74) is 0. The Hall–Kier alpha value is -0.870. The van der Waals surface area contributed by atoms with Gasteiger partial charge in [0, 0.05) is 0 Å². The molecule has 84 valence electrons. The fraction of sp³-hybridized carbons (Fsp3) is 0.727. The first kappa shape index (κ1) is 10.6. The number of nitrogens with zero attached hydrogens (tertiary/aromatic N) is 1. The molecule has 2 atom stereocenters. The summed E-state index contributed by atoms with van der Waals surface area (Å²) < 4.78 is 5.74. The molecule has 0 amide bonds. The molecule has 4 nitrogen and oxygen atoms in total. The van der Waals surface area contributed by atoms with Crippen molar-refractivity contribution in [1.29, 1.82) is 0 Å². The Morgan fingerprint density at radius 3 is 3.13 bits per heavy atom. The zero-order chi connectivity index (χ0) is 10.7. The Kier molecular flexibility index (Phi) is 3.38. The van der Waals surface area contributed by atoms with Gasteiger partial charge in [-0.25, -0.2) is 4.98 Å². The Labute approximate surface area is 90.5 Å². The molecule has 1 aromatic heterocycles. The molecule has 0 saturated carbocycles. The molecule has 1 aromatic rings. The van der Waals surface area contributed by atoms with E-state index in [-0.39, 0.29) is 6.04 Å². The molecule has 1 aliphatic rings. The van der Waals surface area contributed by atoms with E-state index in [4.69, 9.17) is 4.42 Å². The van der Waals surface area contributed by atoms with Gasteiger partial charge >= 0.3 is 0 Å². The second-order valence-electron chi connectivity index (χ2n) is 4.11. The van der Waals surface area contributed by atoms with Crippen LogP contribution in [0.5, 0.6) is 0 Å². The Morgan fingerprint density at radius 1 is 1.60 bits per heavy atom. The van der Waals surface area contributed by atoms with Crippen molar-refractivity contribution in [2.45, 2.75) is 38.3 Å². The molecular weight excluding hydrogens is 190 g/mol. The Bertz CT molecular complexity index is 305. The molecule has 0 bridgehead atoms. The van der Waals surface area contributed by atoms with E-state index < -0.39 is 0 Å². The molecular formula is C11H19N3O. The van der Waals surface area contributed by atoms with Crippen LogP contribution in [0.3, 0.4) is 0 Å². The first-order valence-electron chi connectivity index (χ1n) is 5.67. The van der Waals surface area contributed by atoms with E-state index in [1.54, 1.807) is 0 Å². The molecule has 2 heterocycles. The number of rotatable bonds is 3. The van der Waals surface area contributed by atoms with Gasteiger partial charge in [0.15, 0.2) is 0 Å². The zero-order valence-corrected chi connectivity index (χ0v) is 9.42. The van der Waals surface area contributed by atoms with Crippen molar-refractivity contribution in [3.8, 4) is 0 Å². The largest absolute Gasteiger partial charge is 0.442 e. The lowest BCUT2D eigenvalue weighted by atomic mass is 10.1. The van der Waals surface area contributed by atoms with E-state index >= 15 is 0 Å². The molecule has 1 saturated heterocycles. The van der Waals surface area contributed by atoms with Gasteiger partial charge in [0.25, 0.3) is 0 Å². The second kappa shape index (κ2) is 4.77. The molecule has 0 aliphatic carbocycles. The van der Waals surface area contributed by atoms with E-state index in [1.165, 1.54) is 12.8 Å². The van der Waals surface area contributed by atoms with Gasteiger partial charge in [-0.3, -0.25) is 0 Å². The van der Waals surface area contributed by atoms with Gasteiger partial charge in [-0.2, -0.15) is 0 Å². The van der Waals surface area contributed by atoms with E-state index in [0.29, 0.717) is 6.04 Å². The van der Waals surface area contributed by atoms with E-state index in [9.17, 15) is 0 Å². The van der Waals surface area contributed by atoms with Crippen molar-refractivity contribution in [2.24, 2.45) is 0 Å². The molecule has 1 aliphatic heterocycles. The number of oxazole rings is 1. The van der Waals surface area contributed by atoms with Crippen LogP contribution in [-0.4, -0.2) is 18.6 Å². The quantitative estimate of drug-likeness (QED) is 0.796. The summed E-state index contributed by atoms with van der Waals surface area (Å²) in [5, 5.41) is 6.57. The normalized spacial score (nSPS) is 24.0. The van der Waals surface area contributed by atoms with E-state index in [2.05, 4.69) is 22.5 Å². The number of hydrogen-bond donors (Lipinski definition) is 2. The van der Waals surface area contributed by atoms with Gasteiger partial charge in [-0.1, -0.05) is 6.42 Å². The fourth-order valence-corrected chi connectivity index (χ4v) is 1.87. The minimum absolute atomic E-state index is 0.231. The lowest BCUT2D eigenvalue weighted by Gasteiger charge is -2.20. The third-order valence-electron chi connectivity index (χ3n) is 3.01. The third-order valence-corrected chi connectivity index (χ3v) is 3.01. The highest BCUT2D eigenvalue weighted by Gasteiger charge is 2.20. The topological polar surface area (TPSA) is 50.1 Å². The van der Waals surface area contributed by atoms with Crippen LogP contribution in [-0.2, 0) is 0 Å². The average molecular weight is 209 g/mol. The SMILES string of the molecule is CNC(C)c1cnc(C2CCCCN2)o1. The molecule has 4 heteroatoms. The summed E-state index contributed by atoms with van der Waals surface area (Å²) in [7, 11) is 1.92. The third kappa shape index (κ3) is 2.38. The average Bonchev–Trinajstić information content (AvgIpc) is 2.78. The molecule has 2 unspecified atom stereocenters. The van der Waals surface area contributed by atoms with Crippen LogP contribution in [0.1, 0.15) is 49.9 Å². The van der Waals surface area contributed by atoms with Crippen molar-refractivity contribution in [3.63, 3.8) is 0 Å².